The Kier molecular flexibility index (Phi) is 6.78. The van der Waals surface area contributed by atoms with Crippen molar-refractivity contribution >= 4 is 17.7 Å². The molecule has 4 heterocycles. The van der Waals surface area contributed by atoms with Gasteiger partial charge in [0.25, 0.3) is 5.91 Å². The number of amides is 3. The average molecular weight is 436 g/mol. The SMILES string of the molecule is CNC(=O)c1ccc(-c2ccc(C3CCN(C(=O)CCC4CCC(=O)N4)CC3)nc2)cn1. The fraction of sp³-hybridized carbons (Fsp3) is 0.458. The molecule has 1 atom stereocenters. The largest absolute Gasteiger partial charge is 0.354 e. The van der Waals surface area contributed by atoms with Crippen molar-refractivity contribution in [1.29, 1.82) is 0 Å². The highest BCUT2D eigenvalue weighted by Gasteiger charge is 2.26. The molecule has 8 heteroatoms. The predicted molar refractivity (Wildman–Crippen MR) is 120 cm³/mol. The smallest absolute Gasteiger partial charge is 0.269 e. The van der Waals surface area contributed by atoms with E-state index in [0.717, 1.165) is 55.6 Å². The molecule has 0 spiro atoms. The number of likely N-dealkylation sites (tertiary alicyclic amines) is 1. The number of aromatic nitrogens is 2. The number of nitrogens with zero attached hydrogens (tertiary/aromatic N) is 3. The molecule has 2 aliphatic heterocycles. The van der Waals surface area contributed by atoms with Gasteiger partial charge in [0.05, 0.1) is 0 Å². The summed E-state index contributed by atoms with van der Waals surface area (Å²) in [5, 5.41) is 5.49. The second-order valence-corrected chi connectivity index (χ2v) is 8.48. The Morgan fingerprint density at radius 2 is 1.78 bits per heavy atom. The summed E-state index contributed by atoms with van der Waals surface area (Å²) >= 11 is 0. The Bertz CT molecular complexity index is 966. The molecule has 168 valence electrons. The van der Waals surface area contributed by atoms with E-state index in [9.17, 15) is 14.4 Å². The van der Waals surface area contributed by atoms with Gasteiger partial charge in [-0.3, -0.25) is 24.4 Å². The van der Waals surface area contributed by atoms with Gasteiger partial charge in [0.2, 0.25) is 11.8 Å². The van der Waals surface area contributed by atoms with E-state index in [-0.39, 0.29) is 23.8 Å². The molecule has 2 saturated heterocycles. The van der Waals surface area contributed by atoms with Crippen LogP contribution >= 0.6 is 0 Å². The first-order valence-electron chi connectivity index (χ1n) is 11.2. The molecule has 0 radical (unpaired) electrons. The first kappa shape index (κ1) is 21.9. The molecule has 2 N–H and O–H groups in total. The molecule has 2 fully saturated rings. The van der Waals surface area contributed by atoms with E-state index >= 15 is 0 Å². The van der Waals surface area contributed by atoms with Crippen LogP contribution in [0.15, 0.2) is 36.7 Å². The van der Waals surface area contributed by atoms with E-state index in [1.807, 2.05) is 29.3 Å². The molecule has 0 saturated carbocycles. The van der Waals surface area contributed by atoms with Gasteiger partial charge in [-0.05, 0) is 37.8 Å². The van der Waals surface area contributed by atoms with Gasteiger partial charge >= 0.3 is 0 Å². The summed E-state index contributed by atoms with van der Waals surface area (Å²) in [6, 6.07) is 7.81. The third-order valence-electron chi connectivity index (χ3n) is 6.40. The zero-order valence-electron chi connectivity index (χ0n) is 18.3. The molecule has 2 aliphatic rings. The third-order valence-corrected chi connectivity index (χ3v) is 6.40. The van der Waals surface area contributed by atoms with Crippen LogP contribution in [0.25, 0.3) is 11.1 Å². The normalized spacial score (nSPS) is 19.0. The number of pyridine rings is 2. The van der Waals surface area contributed by atoms with Crippen LogP contribution in [0.2, 0.25) is 0 Å². The van der Waals surface area contributed by atoms with Gasteiger partial charge in [-0.2, -0.15) is 0 Å². The number of carbonyl (C=O) groups is 3. The van der Waals surface area contributed by atoms with Crippen LogP contribution in [-0.2, 0) is 9.59 Å². The first-order chi connectivity index (χ1) is 15.5. The molecule has 4 rings (SSSR count). The van der Waals surface area contributed by atoms with Crippen LogP contribution < -0.4 is 10.6 Å². The lowest BCUT2D eigenvalue weighted by molar-refractivity contribution is -0.132. The zero-order chi connectivity index (χ0) is 22.5. The molecule has 2 aromatic heterocycles. The predicted octanol–water partition coefficient (Wildman–Crippen LogP) is 2.27. The lowest BCUT2D eigenvalue weighted by Gasteiger charge is -2.32. The maximum absolute atomic E-state index is 12.5. The average Bonchev–Trinajstić information content (AvgIpc) is 3.27. The maximum Gasteiger partial charge on any atom is 0.269 e. The molecule has 2 aromatic rings. The third kappa shape index (κ3) is 5.12. The number of hydrogen-bond acceptors (Lipinski definition) is 5. The minimum Gasteiger partial charge on any atom is -0.354 e. The molecular formula is C24H29N5O3. The summed E-state index contributed by atoms with van der Waals surface area (Å²) < 4.78 is 0. The van der Waals surface area contributed by atoms with E-state index in [0.29, 0.717) is 24.5 Å². The summed E-state index contributed by atoms with van der Waals surface area (Å²) in [5.74, 6) is 0.413. The standard InChI is InChI=1S/C24H29N5O3/c1-25-24(32)21-7-3-18(15-27-21)17-2-6-20(26-14-17)16-10-12-29(13-11-16)23(31)9-5-19-4-8-22(30)28-19/h2-3,6-7,14-16,19H,4-5,8-13H2,1H3,(H,25,32)(H,28,30). The topological polar surface area (TPSA) is 104 Å². The number of carbonyl (C=O) groups excluding carboxylic acids is 3. The summed E-state index contributed by atoms with van der Waals surface area (Å²) in [5.41, 5.74) is 3.30. The van der Waals surface area contributed by atoms with Gasteiger partial charge in [0, 0.05) is 74.2 Å². The Morgan fingerprint density at radius 3 is 2.34 bits per heavy atom. The van der Waals surface area contributed by atoms with E-state index < -0.39 is 0 Å². The number of piperidine rings is 1. The Balaban J connectivity index is 1.28. The molecular weight excluding hydrogens is 406 g/mol. The van der Waals surface area contributed by atoms with Crippen molar-refractivity contribution in [1.82, 2.24) is 25.5 Å². The van der Waals surface area contributed by atoms with Crippen LogP contribution in [-0.4, -0.2) is 58.8 Å². The lowest BCUT2D eigenvalue weighted by atomic mass is 9.92. The lowest BCUT2D eigenvalue weighted by Crippen LogP contribution is -2.38. The van der Waals surface area contributed by atoms with Gasteiger partial charge in [-0.25, -0.2) is 0 Å². The Labute approximate surface area is 187 Å². The highest BCUT2D eigenvalue weighted by atomic mass is 16.2. The van der Waals surface area contributed by atoms with Gasteiger partial charge in [-0.1, -0.05) is 12.1 Å². The van der Waals surface area contributed by atoms with Crippen molar-refractivity contribution in [3.8, 4) is 11.1 Å². The monoisotopic (exact) mass is 435 g/mol. The van der Waals surface area contributed by atoms with Crippen molar-refractivity contribution in [2.75, 3.05) is 20.1 Å². The van der Waals surface area contributed by atoms with E-state index in [1.165, 1.54) is 0 Å². The van der Waals surface area contributed by atoms with Crippen molar-refractivity contribution in [2.24, 2.45) is 0 Å². The molecule has 0 aliphatic carbocycles. The van der Waals surface area contributed by atoms with Crippen LogP contribution in [0.4, 0.5) is 0 Å². The minimum absolute atomic E-state index is 0.0963. The second-order valence-electron chi connectivity index (χ2n) is 8.48. The summed E-state index contributed by atoms with van der Waals surface area (Å²) in [6.07, 6.45) is 7.97. The van der Waals surface area contributed by atoms with E-state index in [1.54, 1.807) is 19.3 Å². The van der Waals surface area contributed by atoms with Gasteiger partial charge < -0.3 is 15.5 Å². The van der Waals surface area contributed by atoms with Crippen molar-refractivity contribution < 1.29 is 14.4 Å². The number of rotatable bonds is 6. The second kappa shape index (κ2) is 9.89. The fourth-order valence-corrected chi connectivity index (χ4v) is 4.42. The maximum atomic E-state index is 12.5. The van der Waals surface area contributed by atoms with Crippen LogP contribution in [0, 0.1) is 0 Å². The van der Waals surface area contributed by atoms with E-state index in [4.69, 9.17) is 0 Å². The van der Waals surface area contributed by atoms with E-state index in [2.05, 4.69) is 20.6 Å². The minimum atomic E-state index is -0.208. The Hall–Kier alpha value is -3.29. The zero-order valence-corrected chi connectivity index (χ0v) is 18.3. The van der Waals surface area contributed by atoms with Crippen molar-refractivity contribution in [2.45, 2.75) is 50.5 Å². The van der Waals surface area contributed by atoms with Gasteiger partial charge in [0.1, 0.15) is 5.69 Å². The quantitative estimate of drug-likeness (QED) is 0.724. The highest BCUT2D eigenvalue weighted by molar-refractivity contribution is 5.92. The van der Waals surface area contributed by atoms with Crippen molar-refractivity contribution in [3.05, 3.63) is 48.0 Å². The van der Waals surface area contributed by atoms with Crippen LogP contribution in [0.1, 0.15) is 60.6 Å². The van der Waals surface area contributed by atoms with Gasteiger partial charge in [0.15, 0.2) is 0 Å². The van der Waals surface area contributed by atoms with Crippen LogP contribution in [0.5, 0.6) is 0 Å². The van der Waals surface area contributed by atoms with Crippen molar-refractivity contribution in [3.63, 3.8) is 0 Å². The summed E-state index contributed by atoms with van der Waals surface area (Å²) in [4.78, 5) is 46.3. The highest BCUT2D eigenvalue weighted by Crippen LogP contribution is 2.28. The first-order valence-corrected chi connectivity index (χ1v) is 11.2. The molecule has 0 aromatic carbocycles. The molecule has 0 bridgehead atoms. The fourth-order valence-electron chi connectivity index (χ4n) is 4.42. The molecule has 3 amide bonds. The number of nitrogens with one attached hydrogen (secondary N) is 2. The van der Waals surface area contributed by atoms with Crippen LogP contribution in [0.3, 0.4) is 0 Å². The molecule has 8 nitrogen and oxygen atoms in total. The molecule has 32 heavy (non-hydrogen) atoms. The summed E-state index contributed by atoms with van der Waals surface area (Å²) in [7, 11) is 1.58. The molecule has 1 unspecified atom stereocenters. The number of hydrogen-bond donors (Lipinski definition) is 2. The van der Waals surface area contributed by atoms with Gasteiger partial charge in [-0.15, -0.1) is 0 Å². The summed E-state index contributed by atoms with van der Waals surface area (Å²) in [6.45, 7) is 1.49. The Morgan fingerprint density at radius 1 is 1.06 bits per heavy atom.